The number of nitrogens with zero attached hydrogens (tertiary/aromatic N) is 3. The molecular weight excluding hydrogens is 390 g/mol. The van der Waals surface area contributed by atoms with Gasteiger partial charge in [0.25, 0.3) is 5.91 Å². The molecule has 4 aromatic rings. The predicted molar refractivity (Wildman–Crippen MR) is 111 cm³/mol. The summed E-state index contributed by atoms with van der Waals surface area (Å²) in [5.41, 5.74) is 9.38. The number of aromatic nitrogens is 3. The third-order valence-electron chi connectivity index (χ3n) is 4.51. The molecule has 3 heterocycles. The minimum atomic E-state index is -0.314. The first-order valence-electron chi connectivity index (χ1n) is 8.97. The Morgan fingerprint density at radius 1 is 1.21 bits per heavy atom. The number of pyridine rings is 2. The number of aryl methyl sites for hydroxylation is 1. The monoisotopic (exact) mass is 407 g/mol. The summed E-state index contributed by atoms with van der Waals surface area (Å²) in [6, 6.07) is 11.2. The minimum Gasteiger partial charge on any atom is -0.448 e. The number of anilines is 1. The zero-order valence-electron chi connectivity index (χ0n) is 15.6. The molecule has 3 N–H and O–H groups in total. The maximum atomic E-state index is 12.4. The second kappa shape index (κ2) is 7.89. The van der Waals surface area contributed by atoms with Crippen LogP contribution in [0.3, 0.4) is 0 Å². The average molecular weight is 408 g/mol. The minimum absolute atomic E-state index is 0.228. The Morgan fingerprint density at radius 3 is 2.90 bits per heavy atom. The quantitative estimate of drug-likeness (QED) is 0.522. The maximum absolute atomic E-state index is 12.4. The summed E-state index contributed by atoms with van der Waals surface area (Å²) >= 11 is 6.01. The van der Waals surface area contributed by atoms with E-state index >= 15 is 0 Å². The molecule has 0 spiro atoms. The fourth-order valence-electron chi connectivity index (χ4n) is 3.00. The first-order valence-corrected chi connectivity index (χ1v) is 9.34. The normalized spacial score (nSPS) is 11.0. The van der Waals surface area contributed by atoms with E-state index in [-0.39, 0.29) is 11.6 Å². The molecule has 0 radical (unpaired) electrons. The van der Waals surface area contributed by atoms with Crippen LogP contribution in [0.5, 0.6) is 0 Å². The molecule has 8 heteroatoms. The van der Waals surface area contributed by atoms with Crippen LogP contribution in [0.2, 0.25) is 5.02 Å². The molecule has 0 aliphatic heterocycles. The van der Waals surface area contributed by atoms with Crippen LogP contribution in [0.4, 0.5) is 5.82 Å². The van der Waals surface area contributed by atoms with Crippen LogP contribution in [-0.4, -0.2) is 20.9 Å². The molecule has 29 heavy (non-hydrogen) atoms. The number of hydrogen-bond donors (Lipinski definition) is 2. The van der Waals surface area contributed by atoms with Gasteiger partial charge >= 0.3 is 0 Å². The van der Waals surface area contributed by atoms with Crippen molar-refractivity contribution in [3.05, 3.63) is 82.3 Å². The van der Waals surface area contributed by atoms with Gasteiger partial charge in [-0.2, -0.15) is 0 Å². The average Bonchev–Trinajstić information content (AvgIpc) is 3.15. The standard InChI is InChI=1S/C21H18ClN5O2/c1-12-14(3-5-19(23)26-12)9-25-21(28)18-11-29-20(27-18)7-13-2-4-17-15(6-13)8-16(22)10-24-17/h2-6,8,10-11H,7,9H2,1H3,(H2,23,26)(H,25,28). The van der Waals surface area contributed by atoms with Gasteiger partial charge < -0.3 is 15.5 Å². The highest BCUT2D eigenvalue weighted by Gasteiger charge is 2.13. The Labute approximate surface area is 171 Å². The van der Waals surface area contributed by atoms with E-state index in [1.807, 2.05) is 37.3 Å². The molecule has 4 rings (SSSR count). The highest BCUT2D eigenvalue weighted by molar-refractivity contribution is 6.31. The Morgan fingerprint density at radius 2 is 2.07 bits per heavy atom. The Bertz CT molecular complexity index is 1200. The molecule has 0 saturated carbocycles. The lowest BCUT2D eigenvalue weighted by Gasteiger charge is -2.06. The number of rotatable bonds is 5. The molecule has 3 aromatic heterocycles. The molecule has 0 fully saturated rings. The SMILES string of the molecule is Cc1nc(N)ccc1CNC(=O)c1coc(Cc2ccc3ncc(Cl)cc3c2)n1. The van der Waals surface area contributed by atoms with Crippen LogP contribution >= 0.6 is 11.6 Å². The molecule has 1 aromatic carbocycles. The van der Waals surface area contributed by atoms with E-state index in [2.05, 4.69) is 20.3 Å². The summed E-state index contributed by atoms with van der Waals surface area (Å²) < 4.78 is 5.47. The first kappa shape index (κ1) is 18.9. The zero-order chi connectivity index (χ0) is 20.4. The maximum Gasteiger partial charge on any atom is 0.273 e. The van der Waals surface area contributed by atoms with Gasteiger partial charge in [0.15, 0.2) is 11.6 Å². The molecule has 0 saturated heterocycles. The number of nitrogens with two attached hydrogens (primary N) is 1. The molecule has 0 aliphatic rings. The highest BCUT2D eigenvalue weighted by Crippen LogP contribution is 2.20. The van der Waals surface area contributed by atoms with Crippen LogP contribution in [0.25, 0.3) is 10.9 Å². The number of amides is 1. The molecule has 146 valence electrons. The molecule has 0 aliphatic carbocycles. The Hall–Kier alpha value is -3.45. The van der Waals surface area contributed by atoms with E-state index in [9.17, 15) is 4.79 Å². The smallest absolute Gasteiger partial charge is 0.273 e. The Balaban J connectivity index is 1.43. The van der Waals surface area contributed by atoms with Crippen molar-refractivity contribution >= 4 is 34.2 Å². The molecule has 1 amide bonds. The second-order valence-corrected chi connectivity index (χ2v) is 7.08. The van der Waals surface area contributed by atoms with E-state index in [1.54, 1.807) is 12.3 Å². The van der Waals surface area contributed by atoms with E-state index in [1.165, 1.54) is 6.26 Å². The van der Waals surface area contributed by atoms with Crippen molar-refractivity contribution in [3.63, 3.8) is 0 Å². The summed E-state index contributed by atoms with van der Waals surface area (Å²) in [6.45, 7) is 2.18. The zero-order valence-corrected chi connectivity index (χ0v) is 16.4. The van der Waals surface area contributed by atoms with Gasteiger partial charge in [-0.3, -0.25) is 9.78 Å². The number of oxazole rings is 1. The number of nitrogen functional groups attached to an aromatic ring is 1. The van der Waals surface area contributed by atoms with Crippen LogP contribution in [0, 0.1) is 6.92 Å². The molecule has 0 atom stereocenters. The van der Waals surface area contributed by atoms with Gasteiger partial charge in [-0.1, -0.05) is 23.7 Å². The van der Waals surface area contributed by atoms with Crippen molar-refractivity contribution in [3.8, 4) is 0 Å². The summed E-state index contributed by atoms with van der Waals surface area (Å²) in [7, 11) is 0. The number of benzene rings is 1. The predicted octanol–water partition coefficient (Wildman–Crippen LogP) is 3.68. The fourth-order valence-corrected chi connectivity index (χ4v) is 3.16. The highest BCUT2D eigenvalue weighted by atomic mass is 35.5. The summed E-state index contributed by atoms with van der Waals surface area (Å²) in [5.74, 6) is 0.589. The van der Waals surface area contributed by atoms with Crippen molar-refractivity contribution in [1.29, 1.82) is 0 Å². The molecule has 0 unspecified atom stereocenters. The van der Waals surface area contributed by atoms with Gasteiger partial charge in [0.05, 0.1) is 10.5 Å². The largest absolute Gasteiger partial charge is 0.448 e. The van der Waals surface area contributed by atoms with Gasteiger partial charge in [0.2, 0.25) is 0 Å². The number of carbonyl (C=O) groups is 1. The summed E-state index contributed by atoms with van der Waals surface area (Å²) in [5, 5.41) is 4.33. The number of hydrogen-bond acceptors (Lipinski definition) is 6. The number of fused-ring (bicyclic) bond motifs is 1. The number of nitrogens with one attached hydrogen (secondary N) is 1. The van der Waals surface area contributed by atoms with E-state index < -0.39 is 0 Å². The number of carbonyl (C=O) groups excluding carboxylic acids is 1. The van der Waals surface area contributed by atoms with Crippen LogP contribution < -0.4 is 11.1 Å². The first-order chi connectivity index (χ1) is 14.0. The molecule has 7 nitrogen and oxygen atoms in total. The second-order valence-electron chi connectivity index (χ2n) is 6.65. The van der Waals surface area contributed by atoms with Gasteiger partial charge in [0.1, 0.15) is 12.1 Å². The van der Waals surface area contributed by atoms with Crippen LogP contribution in [0.15, 0.2) is 53.3 Å². The molecular formula is C21H18ClN5O2. The van der Waals surface area contributed by atoms with Crippen LogP contribution in [0.1, 0.15) is 33.2 Å². The summed E-state index contributed by atoms with van der Waals surface area (Å²) in [4.78, 5) is 25.1. The van der Waals surface area contributed by atoms with Gasteiger partial charge in [-0.05, 0) is 42.3 Å². The van der Waals surface area contributed by atoms with Crippen molar-refractivity contribution in [2.24, 2.45) is 0 Å². The Kier molecular flexibility index (Phi) is 5.14. The molecule has 0 bridgehead atoms. The van der Waals surface area contributed by atoms with E-state index in [0.29, 0.717) is 29.7 Å². The van der Waals surface area contributed by atoms with Gasteiger partial charge in [-0.25, -0.2) is 9.97 Å². The summed E-state index contributed by atoms with van der Waals surface area (Å²) in [6.07, 6.45) is 3.43. The fraction of sp³-hybridized carbons (Fsp3) is 0.143. The van der Waals surface area contributed by atoms with Gasteiger partial charge in [-0.15, -0.1) is 0 Å². The van der Waals surface area contributed by atoms with E-state index in [0.717, 1.165) is 27.7 Å². The van der Waals surface area contributed by atoms with Crippen molar-refractivity contribution in [2.45, 2.75) is 19.9 Å². The van der Waals surface area contributed by atoms with E-state index in [4.69, 9.17) is 21.8 Å². The van der Waals surface area contributed by atoms with Crippen molar-refractivity contribution < 1.29 is 9.21 Å². The topological polar surface area (TPSA) is 107 Å². The third-order valence-corrected chi connectivity index (χ3v) is 4.71. The van der Waals surface area contributed by atoms with Crippen LogP contribution in [-0.2, 0) is 13.0 Å². The number of halogens is 1. The lowest BCUT2D eigenvalue weighted by molar-refractivity contribution is 0.0946. The van der Waals surface area contributed by atoms with Gasteiger partial charge in [0, 0.05) is 30.2 Å². The van der Waals surface area contributed by atoms with Crippen molar-refractivity contribution in [2.75, 3.05) is 5.73 Å². The third kappa shape index (κ3) is 4.35. The lowest BCUT2D eigenvalue weighted by atomic mass is 10.1. The lowest BCUT2D eigenvalue weighted by Crippen LogP contribution is -2.23. The van der Waals surface area contributed by atoms with Crippen molar-refractivity contribution in [1.82, 2.24) is 20.3 Å².